The third kappa shape index (κ3) is 2.29. The lowest BCUT2D eigenvalue weighted by Gasteiger charge is -2.17. The van der Waals surface area contributed by atoms with Gasteiger partial charge in [-0.1, -0.05) is 12.1 Å². The van der Waals surface area contributed by atoms with Gasteiger partial charge in [0.15, 0.2) is 0 Å². The molecule has 0 bridgehead atoms. The molecular weight excluding hydrogens is 307 g/mol. The van der Waals surface area contributed by atoms with Gasteiger partial charge in [0.25, 0.3) is 5.91 Å². The van der Waals surface area contributed by atoms with Gasteiger partial charge in [-0.2, -0.15) is 0 Å². The summed E-state index contributed by atoms with van der Waals surface area (Å²) in [7, 11) is 1.60. The molecule has 5 heteroatoms. The van der Waals surface area contributed by atoms with Crippen molar-refractivity contribution >= 4 is 22.6 Å². The quantitative estimate of drug-likeness (QED) is 0.724. The molecule has 4 nitrogen and oxygen atoms in total. The van der Waals surface area contributed by atoms with Crippen LogP contribution in [0.1, 0.15) is 15.9 Å². The van der Waals surface area contributed by atoms with E-state index in [-0.39, 0.29) is 11.7 Å². The molecule has 3 aromatic rings. The van der Waals surface area contributed by atoms with Crippen LogP contribution in [0.4, 0.5) is 10.2 Å². The number of hydrogen-bond donors (Lipinski definition) is 0. The molecule has 0 spiro atoms. The summed E-state index contributed by atoms with van der Waals surface area (Å²) in [5.41, 5.74) is 2.22. The smallest absolute Gasteiger partial charge is 0.259 e. The van der Waals surface area contributed by atoms with Gasteiger partial charge >= 0.3 is 0 Å². The van der Waals surface area contributed by atoms with Gasteiger partial charge in [-0.05, 0) is 48.4 Å². The number of rotatable bonds is 2. The van der Waals surface area contributed by atoms with Crippen LogP contribution in [0.25, 0.3) is 10.9 Å². The maximum Gasteiger partial charge on any atom is 0.259 e. The zero-order chi connectivity index (χ0) is 16.7. The first-order valence-corrected chi connectivity index (χ1v) is 7.71. The third-order valence-corrected chi connectivity index (χ3v) is 4.28. The minimum Gasteiger partial charge on any atom is -0.494 e. The highest BCUT2D eigenvalue weighted by molar-refractivity contribution is 6.07. The number of fused-ring (bicyclic) bond motifs is 2. The number of ether oxygens (including phenoxy) is 1. The molecule has 1 amide bonds. The van der Waals surface area contributed by atoms with Crippen molar-refractivity contribution in [3.8, 4) is 5.75 Å². The first-order chi connectivity index (χ1) is 11.7. The van der Waals surface area contributed by atoms with Crippen molar-refractivity contribution in [2.75, 3.05) is 18.6 Å². The van der Waals surface area contributed by atoms with Gasteiger partial charge in [0.2, 0.25) is 0 Å². The lowest BCUT2D eigenvalue weighted by atomic mass is 10.1. The average molecular weight is 322 g/mol. The summed E-state index contributed by atoms with van der Waals surface area (Å²) in [6.07, 6.45) is 0.752. The van der Waals surface area contributed by atoms with E-state index in [0.717, 1.165) is 22.9 Å². The summed E-state index contributed by atoms with van der Waals surface area (Å²) < 4.78 is 18.4. The Kier molecular flexibility index (Phi) is 3.41. The van der Waals surface area contributed by atoms with E-state index in [1.165, 1.54) is 24.3 Å². The summed E-state index contributed by atoms with van der Waals surface area (Å²) in [4.78, 5) is 19.1. The van der Waals surface area contributed by atoms with Crippen molar-refractivity contribution in [1.29, 1.82) is 0 Å². The fraction of sp³-hybridized carbons (Fsp3) is 0.158. The molecule has 0 saturated heterocycles. The molecule has 0 unspecified atom stereocenters. The molecule has 4 rings (SSSR count). The van der Waals surface area contributed by atoms with Crippen LogP contribution in [-0.2, 0) is 6.42 Å². The number of halogens is 1. The van der Waals surface area contributed by atoms with E-state index in [1.54, 1.807) is 12.0 Å². The lowest BCUT2D eigenvalue weighted by Crippen LogP contribution is -2.29. The zero-order valence-corrected chi connectivity index (χ0v) is 13.1. The van der Waals surface area contributed by atoms with Gasteiger partial charge in [-0.25, -0.2) is 9.37 Å². The van der Waals surface area contributed by atoms with Crippen molar-refractivity contribution in [3.05, 3.63) is 65.5 Å². The second-order valence-electron chi connectivity index (χ2n) is 5.72. The Morgan fingerprint density at radius 3 is 2.75 bits per heavy atom. The maximum absolute atomic E-state index is 13.1. The van der Waals surface area contributed by atoms with Crippen LogP contribution < -0.4 is 9.64 Å². The van der Waals surface area contributed by atoms with Gasteiger partial charge < -0.3 is 4.74 Å². The van der Waals surface area contributed by atoms with Crippen molar-refractivity contribution in [2.24, 2.45) is 0 Å². The van der Waals surface area contributed by atoms with E-state index in [1.807, 2.05) is 18.2 Å². The molecule has 0 radical (unpaired) electrons. The minimum absolute atomic E-state index is 0.171. The van der Waals surface area contributed by atoms with Crippen LogP contribution in [0.15, 0.2) is 48.5 Å². The van der Waals surface area contributed by atoms with E-state index >= 15 is 0 Å². The zero-order valence-electron chi connectivity index (χ0n) is 13.1. The Morgan fingerprint density at radius 2 is 2.00 bits per heavy atom. The van der Waals surface area contributed by atoms with E-state index in [2.05, 4.69) is 11.1 Å². The van der Waals surface area contributed by atoms with E-state index in [4.69, 9.17) is 4.74 Å². The fourth-order valence-corrected chi connectivity index (χ4v) is 3.07. The SMILES string of the molecule is COc1cccc2cc3c(nc12)N(C(=O)c1ccc(F)cc1)CC3. The first kappa shape index (κ1) is 14.6. The standard InChI is InChI=1S/C19H15FN2O2/c1-24-16-4-2-3-13-11-14-9-10-22(18(14)21-17(13)16)19(23)12-5-7-15(20)8-6-12/h2-8,11H,9-10H2,1H3. The van der Waals surface area contributed by atoms with Gasteiger partial charge in [-0.3, -0.25) is 9.69 Å². The van der Waals surface area contributed by atoms with Crippen LogP contribution in [0, 0.1) is 5.82 Å². The minimum atomic E-state index is -0.359. The third-order valence-electron chi connectivity index (χ3n) is 4.28. The highest BCUT2D eigenvalue weighted by Gasteiger charge is 2.28. The van der Waals surface area contributed by atoms with Gasteiger partial charge in [-0.15, -0.1) is 0 Å². The first-order valence-electron chi connectivity index (χ1n) is 7.71. The Balaban J connectivity index is 1.79. The Bertz CT molecular complexity index is 938. The molecule has 1 aromatic heterocycles. The number of pyridine rings is 1. The van der Waals surface area contributed by atoms with Gasteiger partial charge in [0, 0.05) is 17.5 Å². The highest BCUT2D eigenvalue weighted by Crippen LogP contribution is 2.33. The topological polar surface area (TPSA) is 42.4 Å². The number of carbonyl (C=O) groups excluding carboxylic acids is 1. The van der Waals surface area contributed by atoms with Gasteiger partial charge in [0.05, 0.1) is 7.11 Å². The molecule has 24 heavy (non-hydrogen) atoms. The van der Waals surface area contributed by atoms with Crippen molar-refractivity contribution in [1.82, 2.24) is 4.98 Å². The number of amides is 1. The van der Waals surface area contributed by atoms with Crippen LogP contribution >= 0.6 is 0 Å². The number of benzene rings is 2. The molecule has 120 valence electrons. The summed E-state index contributed by atoms with van der Waals surface area (Å²) in [6.45, 7) is 0.567. The maximum atomic E-state index is 13.1. The molecular formula is C19H15FN2O2. The molecule has 1 aliphatic heterocycles. The second kappa shape index (κ2) is 5.60. The number of para-hydroxylation sites is 1. The largest absolute Gasteiger partial charge is 0.494 e. The Hall–Kier alpha value is -2.95. The number of anilines is 1. The van der Waals surface area contributed by atoms with Crippen molar-refractivity contribution in [2.45, 2.75) is 6.42 Å². The van der Waals surface area contributed by atoms with E-state index < -0.39 is 0 Å². The molecule has 0 fully saturated rings. The molecule has 0 atom stereocenters. The summed E-state index contributed by atoms with van der Waals surface area (Å²) in [5.74, 6) is 0.801. The fourth-order valence-electron chi connectivity index (χ4n) is 3.07. The number of aromatic nitrogens is 1. The molecule has 0 aliphatic carbocycles. The average Bonchev–Trinajstić information content (AvgIpc) is 3.02. The monoisotopic (exact) mass is 322 g/mol. The number of methoxy groups -OCH3 is 1. The van der Waals surface area contributed by atoms with Crippen molar-refractivity contribution in [3.63, 3.8) is 0 Å². The Labute approximate surface area is 138 Å². The molecule has 0 N–H and O–H groups in total. The van der Waals surface area contributed by atoms with E-state index in [0.29, 0.717) is 23.7 Å². The lowest BCUT2D eigenvalue weighted by molar-refractivity contribution is 0.0988. The van der Waals surface area contributed by atoms with Crippen LogP contribution in [-0.4, -0.2) is 24.5 Å². The molecule has 2 aromatic carbocycles. The predicted molar refractivity (Wildman–Crippen MR) is 90.1 cm³/mol. The van der Waals surface area contributed by atoms with Crippen LogP contribution in [0.5, 0.6) is 5.75 Å². The van der Waals surface area contributed by atoms with Gasteiger partial charge in [0.1, 0.15) is 22.9 Å². The number of hydrogen-bond acceptors (Lipinski definition) is 3. The number of nitrogens with zero attached hydrogens (tertiary/aromatic N) is 2. The van der Waals surface area contributed by atoms with Crippen LogP contribution in [0.3, 0.4) is 0 Å². The predicted octanol–water partition coefficient (Wildman–Crippen LogP) is 3.59. The Morgan fingerprint density at radius 1 is 1.21 bits per heavy atom. The highest BCUT2D eigenvalue weighted by atomic mass is 19.1. The van der Waals surface area contributed by atoms with Crippen molar-refractivity contribution < 1.29 is 13.9 Å². The molecule has 2 heterocycles. The molecule has 0 saturated carbocycles. The second-order valence-corrected chi connectivity index (χ2v) is 5.72. The normalized spacial score (nSPS) is 13.2. The van der Waals surface area contributed by atoms with E-state index in [9.17, 15) is 9.18 Å². The van der Waals surface area contributed by atoms with Crippen LogP contribution in [0.2, 0.25) is 0 Å². The number of carbonyl (C=O) groups is 1. The molecule has 1 aliphatic rings. The summed E-state index contributed by atoms with van der Waals surface area (Å²) in [5, 5.41) is 0.990. The summed E-state index contributed by atoms with van der Waals surface area (Å²) >= 11 is 0. The summed E-state index contributed by atoms with van der Waals surface area (Å²) in [6, 6.07) is 13.4.